The molecule has 0 radical (unpaired) electrons. The molecular formula is C31H27Cl2FN4O3. The van der Waals surface area contributed by atoms with E-state index in [-0.39, 0.29) is 16.5 Å². The molecule has 1 spiro atoms. The van der Waals surface area contributed by atoms with Crippen molar-refractivity contribution in [1.29, 1.82) is 0 Å². The minimum atomic E-state index is -1.22. The molecule has 2 aromatic heterocycles. The lowest BCUT2D eigenvalue weighted by molar-refractivity contribution is -0.127. The van der Waals surface area contributed by atoms with Gasteiger partial charge in [-0.25, -0.2) is 14.2 Å². The average Bonchev–Trinajstić information content (AvgIpc) is 3.51. The molecule has 10 heteroatoms. The molecule has 1 amide bonds. The monoisotopic (exact) mass is 592 g/mol. The molecule has 1 saturated carbocycles. The van der Waals surface area contributed by atoms with Gasteiger partial charge >= 0.3 is 5.97 Å². The van der Waals surface area contributed by atoms with Crippen LogP contribution in [0.15, 0.2) is 48.7 Å². The van der Waals surface area contributed by atoms with Crippen LogP contribution in [-0.2, 0) is 10.3 Å². The van der Waals surface area contributed by atoms with Crippen molar-refractivity contribution in [1.82, 2.24) is 14.3 Å². The van der Waals surface area contributed by atoms with Crippen LogP contribution in [0.2, 0.25) is 10.0 Å². The van der Waals surface area contributed by atoms with Gasteiger partial charge in [-0.2, -0.15) is 0 Å². The summed E-state index contributed by atoms with van der Waals surface area (Å²) in [5.41, 5.74) is 3.26. The van der Waals surface area contributed by atoms with Gasteiger partial charge in [0.25, 0.3) is 0 Å². The summed E-state index contributed by atoms with van der Waals surface area (Å²) in [5.74, 6) is -2.45. The van der Waals surface area contributed by atoms with Crippen LogP contribution in [-0.4, -0.2) is 44.4 Å². The lowest BCUT2D eigenvalue weighted by Gasteiger charge is -2.38. The first-order valence-electron chi connectivity index (χ1n) is 13.6. The Balaban J connectivity index is 1.51. The normalized spacial score (nSPS) is 23.9. The highest BCUT2D eigenvalue weighted by atomic mass is 35.5. The van der Waals surface area contributed by atoms with E-state index < -0.39 is 29.2 Å². The van der Waals surface area contributed by atoms with E-state index in [1.807, 2.05) is 17.4 Å². The van der Waals surface area contributed by atoms with E-state index in [1.165, 1.54) is 6.07 Å². The summed E-state index contributed by atoms with van der Waals surface area (Å²) in [6.07, 6.45) is 3.86. The van der Waals surface area contributed by atoms with Crippen LogP contribution >= 0.6 is 23.2 Å². The predicted molar refractivity (Wildman–Crippen MR) is 155 cm³/mol. The fourth-order valence-electron chi connectivity index (χ4n) is 7.12. The maximum atomic E-state index is 16.1. The number of carbonyl (C=O) groups excluding carboxylic acids is 1. The van der Waals surface area contributed by atoms with Gasteiger partial charge in [-0.1, -0.05) is 41.4 Å². The average molecular weight is 593 g/mol. The standard InChI is InChI=1S/C31H27Cl2FN4O3/c1-15-19(29(39)40)10-11-38-16(2)27(36-28(15)38)21-14-37(13-17-6-7-17)31(25(21)20-4-3-5-23(33)26(20)34)22-9-8-18(32)12-24(22)35-30(31)41/h3-5,8-12,17,21,25H,6-7,13-14H2,1-2H3,(H,35,41)(H,39,40)/t21-,25+,31?/m1/s1. The lowest BCUT2D eigenvalue weighted by atomic mass is 9.70. The number of amides is 1. The van der Waals surface area contributed by atoms with Crippen LogP contribution in [0, 0.1) is 25.6 Å². The third kappa shape index (κ3) is 3.77. The molecule has 4 aromatic rings. The zero-order valence-electron chi connectivity index (χ0n) is 22.4. The third-order valence-corrected chi connectivity index (χ3v) is 9.67. The SMILES string of the molecule is Cc1c(C(=O)O)ccn2c(C)c([C@@H]3CN(CC4CC4)C4(C(=O)Nc5cc(Cl)ccc54)[C@H]3c3cccc(Cl)c3F)nc12. The zero-order valence-corrected chi connectivity index (χ0v) is 23.9. The highest BCUT2D eigenvalue weighted by Gasteiger charge is 2.65. The largest absolute Gasteiger partial charge is 0.478 e. The molecule has 2 aliphatic heterocycles. The molecule has 1 saturated heterocycles. The summed E-state index contributed by atoms with van der Waals surface area (Å²) in [7, 11) is 0. The molecule has 7 nitrogen and oxygen atoms in total. The van der Waals surface area contributed by atoms with Gasteiger partial charge in [0.15, 0.2) is 0 Å². The Morgan fingerprint density at radius 2 is 1.98 bits per heavy atom. The summed E-state index contributed by atoms with van der Waals surface area (Å²) in [4.78, 5) is 33.4. The van der Waals surface area contributed by atoms with Gasteiger partial charge in [0.05, 0.1) is 16.3 Å². The van der Waals surface area contributed by atoms with Gasteiger partial charge in [-0.3, -0.25) is 9.69 Å². The van der Waals surface area contributed by atoms with Gasteiger partial charge in [0.2, 0.25) is 5.91 Å². The Labute approximate surface area is 245 Å². The predicted octanol–water partition coefficient (Wildman–Crippen LogP) is 6.54. The van der Waals surface area contributed by atoms with Gasteiger partial charge < -0.3 is 14.8 Å². The summed E-state index contributed by atoms with van der Waals surface area (Å²) in [6.45, 7) is 4.81. The lowest BCUT2D eigenvalue weighted by Crippen LogP contribution is -2.50. The van der Waals surface area contributed by atoms with Gasteiger partial charge in [0.1, 0.15) is 17.0 Å². The summed E-state index contributed by atoms with van der Waals surface area (Å²) in [6, 6.07) is 11.9. The van der Waals surface area contributed by atoms with E-state index >= 15 is 4.39 Å². The highest BCUT2D eigenvalue weighted by molar-refractivity contribution is 6.31. The van der Waals surface area contributed by atoms with E-state index in [1.54, 1.807) is 43.5 Å². The Bertz CT molecular complexity index is 1780. The number of nitrogens with one attached hydrogen (secondary N) is 1. The second-order valence-electron chi connectivity index (χ2n) is 11.4. The number of likely N-dealkylation sites (tertiary alicyclic amines) is 1. The minimum absolute atomic E-state index is 0.0135. The van der Waals surface area contributed by atoms with Crippen LogP contribution in [0.5, 0.6) is 0 Å². The van der Waals surface area contributed by atoms with Crippen LogP contribution in [0.1, 0.15) is 63.1 Å². The number of imidazole rings is 1. The molecule has 1 aliphatic carbocycles. The molecule has 2 fully saturated rings. The molecule has 2 N–H and O–H groups in total. The number of nitrogens with zero attached hydrogens (tertiary/aromatic N) is 3. The van der Waals surface area contributed by atoms with Crippen LogP contribution in [0.4, 0.5) is 10.1 Å². The second kappa shape index (κ2) is 9.28. The number of hydrogen-bond acceptors (Lipinski definition) is 4. The number of aryl methyl sites for hydroxylation is 2. The fraction of sp³-hybridized carbons (Fsp3) is 0.323. The maximum Gasteiger partial charge on any atom is 0.336 e. The number of rotatable bonds is 5. The van der Waals surface area contributed by atoms with E-state index in [0.717, 1.165) is 24.1 Å². The number of benzene rings is 2. The number of fused-ring (bicyclic) bond motifs is 3. The first-order chi connectivity index (χ1) is 19.6. The number of carboxylic acids is 1. The first kappa shape index (κ1) is 26.4. The number of aromatic carboxylic acids is 1. The highest BCUT2D eigenvalue weighted by Crippen LogP contribution is 2.61. The molecule has 0 bridgehead atoms. The van der Waals surface area contributed by atoms with E-state index in [0.29, 0.717) is 52.2 Å². The maximum absolute atomic E-state index is 16.1. The van der Waals surface area contributed by atoms with Gasteiger partial charge in [-0.05, 0) is 62.4 Å². The Kier molecular flexibility index (Phi) is 5.98. The van der Waals surface area contributed by atoms with E-state index in [2.05, 4.69) is 10.2 Å². The Hall–Kier alpha value is -3.46. The van der Waals surface area contributed by atoms with Crippen LogP contribution in [0.3, 0.4) is 0 Å². The van der Waals surface area contributed by atoms with Crippen molar-refractivity contribution in [2.45, 2.75) is 44.1 Å². The van der Waals surface area contributed by atoms with Crippen LogP contribution in [0.25, 0.3) is 5.65 Å². The van der Waals surface area contributed by atoms with Crippen molar-refractivity contribution in [2.24, 2.45) is 5.92 Å². The van der Waals surface area contributed by atoms with Gasteiger partial charge in [-0.15, -0.1) is 0 Å². The van der Waals surface area contributed by atoms with Crippen molar-refractivity contribution in [3.8, 4) is 0 Å². The number of halogens is 3. The third-order valence-electron chi connectivity index (χ3n) is 9.14. The summed E-state index contributed by atoms with van der Waals surface area (Å²) < 4.78 is 17.9. The van der Waals surface area contributed by atoms with Crippen LogP contribution < -0.4 is 5.32 Å². The first-order valence-corrected chi connectivity index (χ1v) is 14.4. The van der Waals surface area contributed by atoms with Crippen molar-refractivity contribution in [3.05, 3.63) is 98.2 Å². The molecule has 3 atom stereocenters. The molecular weight excluding hydrogens is 566 g/mol. The number of anilines is 1. The molecule has 4 heterocycles. The van der Waals surface area contributed by atoms with Crippen molar-refractivity contribution in [2.75, 3.05) is 18.4 Å². The fourth-order valence-corrected chi connectivity index (χ4v) is 7.48. The second-order valence-corrected chi connectivity index (χ2v) is 12.3. The smallest absolute Gasteiger partial charge is 0.336 e. The number of carboxylic acid groups (broad SMARTS) is 1. The van der Waals surface area contributed by atoms with E-state index in [9.17, 15) is 14.7 Å². The summed E-state index contributed by atoms with van der Waals surface area (Å²) >= 11 is 12.7. The molecule has 7 rings (SSSR count). The van der Waals surface area contributed by atoms with Gasteiger partial charge in [0, 0.05) is 58.7 Å². The minimum Gasteiger partial charge on any atom is -0.478 e. The molecule has 3 aliphatic rings. The van der Waals surface area contributed by atoms with Crippen molar-refractivity contribution in [3.63, 3.8) is 0 Å². The van der Waals surface area contributed by atoms with Crippen molar-refractivity contribution < 1.29 is 19.1 Å². The van der Waals surface area contributed by atoms with E-state index in [4.69, 9.17) is 28.2 Å². The zero-order chi connectivity index (χ0) is 28.8. The number of hydrogen-bond donors (Lipinski definition) is 2. The molecule has 41 heavy (non-hydrogen) atoms. The molecule has 2 aromatic carbocycles. The Morgan fingerprint density at radius 3 is 2.71 bits per heavy atom. The molecule has 1 unspecified atom stereocenters. The quantitative estimate of drug-likeness (QED) is 0.275. The topological polar surface area (TPSA) is 86.9 Å². The Morgan fingerprint density at radius 1 is 1.20 bits per heavy atom. The number of pyridine rings is 1. The summed E-state index contributed by atoms with van der Waals surface area (Å²) in [5, 5.41) is 13.3. The molecule has 210 valence electrons. The number of carbonyl (C=O) groups is 2. The number of aromatic nitrogens is 2. The van der Waals surface area contributed by atoms with Crippen molar-refractivity contribution >= 4 is 46.4 Å².